The van der Waals surface area contributed by atoms with Crippen molar-refractivity contribution in [1.82, 2.24) is 9.55 Å². The molecule has 0 saturated carbocycles. The van der Waals surface area contributed by atoms with Crippen LogP contribution in [-0.2, 0) is 0 Å². The van der Waals surface area contributed by atoms with E-state index in [-0.39, 0.29) is 0 Å². The zero-order chi connectivity index (χ0) is 13.6. The van der Waals surface area contributed by atoms with Crippen LogP contribution in [0.3, 0.4) is 0 Å². The third-order valence-electron chi connectivity index (χ3n) is 3.08. The van der Waals surface area contributed by atoms with Crippen molar-refractivity contribution in [2.75, 3.05) is 0 Å². The molecule has 5 heteroatoms. The SMILES string of the molecule is Cc1cccc2c1[nH]c(=S)n2-c1cc(Cl)ccc1Br. The van der Waals surface area contributed by atoms with Crippen LogP contribution in [0.5, 0.6) is 0 Å². The van der Waals surface area contributed by atoms with Gasteiger partial charge in [0, 0.05) is 9.50 Å². The molecule has 2 nitrogen and oxygen atoms in total. The van der Waals surface area contributed by atoms with E-state index in [9.17, 15) is 0 Å². The van der Waals surface area contributed by atoms with Crippen molar-refractivity contribution in [3.63, 3.8) is 0 Å². The van der Waals surface area contributed by atoms with Crippen LogP contribution in [-0.4, -0.2) is 9.55 Å². The van der Waals surface area contributed by atoms with Crippen molar-refractivity contribution in [1.29, 1.82) is 0 Å². The first kappa shape index (κ1) is 12.9. The lowest BCUT2D eigenvalue weighted by Gasteiger charge is -2.08. The molecule has 1 heterocycles. The first-order chi connectivity index (χ1) is 9.08. The fourth-order valence-electron chi connectivity index (χ4n) is 2.17. The second-order valence-electron chi connectivity index (χ2n) is 4.33. The zero-order valence-corrected chi connectivity index (χ0v) is 13.2. The lowest BCUT2D eigenvalue weighted by Crippen LogP contribution is -1.95. The maximum absolute atomic E-state index is 6.09. The van der Waals surface area contributed by atoms with Gasteiger partial charge in [-0.05, 0) is 64.9 Å². The number of H-pyrrole nitrogens is 1. The summed E-state index contributed by atoms with van der Waals surface area (Å²) in [7, 11) is 0. The number of aromatic amines is 1. The van der Waals surface area contributed by atoms with Gasteiger partial charge in [0.2, 0.25) is 0 Å². The average molecular weight is 354 g/mol. The zero-order valence-electron chi connectivity index (χ0n) is 10.1. The number of imidazole rings is 1. The molecule has 0 atom stereocenters. The van der Waals surface area contributed by atoms with Gasteiger partial charge >= 0.3 is 0 Å². The standard InChI is InChI=1S/C14H10BrClN2S/c1-8-3-2-4-11-13(8)17-14(19)18(11)12-7-9(16)5-6-10(12)15/h2-7H,1H3,(H,17,19). The van der Waals surface area contributed by atoms with Crippen LogP contribution >= 0.6 is 39.7 Å². The third kappa shape index (κ3) is 2.14. The van der Waals surface area contributed by atoms with Gasteiger partial charge in [0.25, 0.3) is 0 Å². The van der Waals surface area contributed by atoms with Crippen LogP contribution in [0, 0.1) is 11.7 Å². The topological polar surface area (TPSA) is 20.7 Å². The van der Waals surface area contributed by atoms with Crippen molar-refractivity contribution in [3.05, 3.63) is 56.2 Å². The number of hydrogen-bond donors (Lipinski definition) is 1. The number of hydrogen-bond acceptors (Lipinski definition) is 1. The average Bonchev–Trinajstić information content (AvgIpc) is 2.70. The quantitative estimate of drug-likeness (QED) is 0.580. The van der Waals surface area contributed by atoms with Gasteiger partial charge in [-0.25, -0.2) is 0 Å². The molecule has 1 N–H and O–H groups in total. The molecule has 3 aromatic rings. The number of para-hydroxylation sites is 1. The molecule has 2 aromatic carbocycles. The molecular formula is C14H10BrClN2S. The van der Waals surface area contributed by atoms with Gasteiger partial charge in [0.1, 0.15) is 0 Å². The summed E-state index contributed by atoms with van der Waals surface area (Å²) < 4.78 is 3.61. The molecule has 0 fully saturated rings. The van der Waals surface area contributed by atoms with Crippen molar-refractivity contribution < 1.29 is 0 Å². The third-order valence-corrected chi connectivity index (χ3v) is 4.27. The number of nitrogens with zero attached hydrogens (tertiary/aromatic N) is 1. The van der Waals surface area contributed by atoms with E-state index in [2.05, 4.69) is 33.9 Å². The van der Waals surface area contributed by atoms with Gasteiger partial charge in [-0.15, -0.1) is 0 Å². The molecule has 0 spiro atoms. The summed E-state index contributed by atoms with van der Waals surface area (Å²) in [6, 6.07) is 11.8. The van der Waals surface area contributed by atoms with Gasteiger partial charge in [0.15, 0.2) is 4.77 Å². The summed E-state index contributed by atoms with van der Waals surface area (Å²) in [5.74, 6) is 0. The van der Waals surface area contributed by atoms with Crippen molar-refractivity contribution in [3.8, 4) is 5.69 Å². The highest BCUT2D eigenvalue weighted by atomic mass is 79.9. The molecule has 0 bridgehead atoms. The normalized spacial score (nSPS) is 11.1. The summed E-state index contributed by atoms with van der Waals surface area (Å²) in [6.07, 6.45) is 0. The molecule has 19 heavy (non-hydrogen) atoms. The van der Waals surface area contributed by atoms with Crippen LogP contribution < -0.4 is 0 Å². The Morgan fingerprint density at radius 1 is 1.26 bits per heavy atom. The van der Waals surface area contributed by atoms with Gasteiger partial charge < -0.3 is 4.98 Å². The molecule has 0 radical (unpaired) electrons. The molecule has 1 aromatic heterocycles. The highest BCUT2D eigenvalue weighted by Crippen LogP contribution is 2.29. The number of halogens is 2. The summed E-state index contributed by atoms with van der Waals surface area (Å²) in [6.45, 7) is 2.06. The van der Waals surface area contributed by atoms with E-state index < -0.39 is 0 Å². The number of aryl methyl sites for hydroxylation is 1. The Labute approximate surface area is 129 Å². The Balaban J connectivity index is 2.43. The molecule has 3 rings (SSSR count). The monoisotopic (exact) mass is 352 g/mol. The predicted octanol–water partition coefficient (Wildman–Crippen LogP) is 5.41. The minimum atomic E-state index is 0.660. The van der Waals surface area contributed by atoms with Crippen molar-refractivity contribution in [2.45, 2.75) is 6.92 Å². The minimum Gasteiger partial charge on any atom is -0.330 e. The number of benzene rings is 2. The molecular weight excluding hydrogens is 344 g/mol. The van der Waals surface area contributed by atoms with E-state index in [1.54, 1.807) is 0 Å². The van der Waals surface area contributed by atoms with Crippen LogP contribution in [0.25, 0.3) is 16.7 Å². The molecule has 0 aliphatic rings. The first-order valence-corrected chi connectivity index (χ1v) is 7.31. The van der Waals surface area contributed by atoms with E-state index in [0.29, 0.717) is 9.79 Å². The summed E-state index contributed by atoms with van der Waals surface area (Å²) >= 11 is 15.1. The number of fused-ring (bicyclic) bond motifs is 1. The smallest absolute Gasteiger partial charge is 0.182 e. The summed E-state index contributed by atoms with van der Waals surface area (Å²) in [5, 5.41) is 0.683. The Hall–Kier alpha value is -1.10. The van der Waals surface area contributed by atoms with Crippen LogP contribution in [0.15, 0.2) is 40.9 Å². The van der Waals surface area contributed by atoms with E-state index in [0.717, 1.165) is 21.2 Å². The van der Waals surface area contributed by atoms with Gasteiger partial charge in [-0.1, -0.05) is 23.7 Å². The highest BCUT2D eigenvalue weighted by molar-refractivity contribution is 9.10. The fraction of sp³-hybridized carbons (Fsp3) is 0.0714. The maximum Gasteiger partial charge on any atom is 0.182 e. The lowest BCUT2D eigenvalue weighted by molar-refractivity contribution is 1.06. The van der Waals surface area contributed by atoms with E-state index in [4.69, 9.17) is 23.8 Å². The predicted molar refractivity (Wildman–Crippen MR) is 85.9 cm³/mol. The van der Waals surface area contributed by atoms with Gasteiger partial charge in [-0.2, -0.15) is 0 Å². The molecule has 0 aliphatic carbocycles. The minimum absolute atomic E-state index is 0.660. The van der Waals surface area contributed by atoms with Crippen molar-refractivity contribution >= 4 is 50.8 Å². The Morgan fingerprint density at radius 3 is 2.84 bits per heavy atom. The van der Waals surface area contributed by atoms with Crippen LogP contribution in [0.1, 0.15) is 5.56 Å². The second kappa shape index (κ2) is 4.78. The largest absolute Gasteiger partial charge is 0.330 e. The summed E-state index contributed by atoms with van der Waals surface area (Å²) in [4.78, 5) is 3.25. The molecule has 96 valence electrons. The molecule has 0 saturated heterocycles. The highest BCUT2D eigenvalue weighted by Gasteiger charge is 2.11. The second-order valence-corrected chi connectivity index (χ2v) is 6.01. The molecule has 0 unspecified atom stereocenters. The first-order valence-electron chi connectivity index (χ1n) is 5.73. The number of rotatable bonds is 1. The Bertz CT molecular complexity index is 835. The number of nitrogens with one attached hydrogen (secondary N) is 1. The summed E-state index contributed by atoms with van der Waals surface area (Å²) in [5.41, 5.74) is 4.21. The Morgan fingerprint density at radius 2 is 2.05 bits per heavy atom. The van der Waals surface area contributed by atoms with Crippen LogP contribution in [0.4, 0.5) is 0 Å². The van der Waals surface area contributed by atoms with Gasteiger partial charge in [-0.3, -0.25) is 4.57 Å². The van der Waals surface area contributed by atoms with E-state index in [1.165, 1.54) is 5.56 Å². The fourth-order valence-corrected chi connectivity index (χ4v) is 3.06. The maximum atomic E-state index is 6.09. The van der Waals surface area contributed by atoms with E-state index >= 15 is 0 Å². The number of aromatic nitrogens is 2. The molecule has 0 aliphatic heterocycles. The lowest BCUT2D eigenvalue weighted by atomic mass is 10.2. The van der Waals surface area contributed by atoms with Crippen LogP contribution in [0.2, 0.25) is 5.02 Å². The molecule has 0 amide bonds. The van der Waals surface area contributed by atoms with E-state index in [1.807, 2.05) is 34.9 Å². The van der Waals surface area contributed by atoms with Gasteiger partial charge in [0.05, 0.1) is 16.7 Å². The Kier molecular flexibility index (Phi) is 3.25. The van der Waals surface area contributed by atoms with Crippen molar-refractivity contribution in [2.24, 2.45) is 0 Å².